The van der Waals surface area contributed by atoms with Gasteiger partial charge in [0.25, 0.3) is 11.4 Å². The van der Waals surface area contributed by atoms with E-state index in [1.807, 2.05) is 0 Å². The summed E-state index contributed by atoms with van der Waals surface area (Å²) in [5.74, 6) is 0.297. The van der Waals surface area contributed by atoms with Gasteiger partial charge >= 0.3 is 18.2 Å². The number of hydrogen-bond donors (Lipinski definition) is 1. The van der Waals surface area contributed by atoms with Crippen LogP contribution in [0, 0.1) is 20.2 Å². The molecule has 1 unspecified atom stereocenters. The maximum Gasteiger partial charge on any atom is 0.410 e. The number of carbonyl (C=O) groups excluding carboxylic acids is 3. The molecule has 0 saturated carbocycles. The molecule has 0 spiro atoms. The molecule has 3 rings (SSSR count). The van der Waals surface area contributed by atoms with Gasteiger partial charge < -0.3 is 28.9 Å². The smallest absolute Gasteiger partial charge is 0.410 e. The first-order valence-electron chi connectivity index (χ1n) is 15.6. The lowest BCUT2D eigenvalue weighted by Gasteiger charge is -2.44. The Balaban J connectivity index is 1.59. The van der Waals surface area contributed by atoms with Gasteiger partial charge in [0.05, 0.1) is 28.5 Å². The number of esters is 1. The van der Waals surface area contributed by atoms with Crippen LogP contribution in [0.5, 0.6) is 0 Å². The van der Waals surface area contributed by atoms with Crippen molar-refractivity contribution in [1.29, 1.82) is 0 Å². The topological polar surface area (TPSA) is 190 Å². The molecule has 1 heterocycles. The van der Waals surface area contributed by atoms with Gasteiger partial charge in [-0.3, -0.25) is 25.0 Å². The van der Waals surface area contributed by atoms with E-state index in [0.29, 0.717) is 35.6 Å². The Hall–Kier alpha value is -4.22. The first kappa shape index (κ1) is 39.2. The number of nitro groups is 2. The van der Waals surface area contributed by atoms with E-state index in [2.05, 4.69) is 39.2 Å². The Kier molecular flexibility index (Phi) is 13.6. The fraction of sp³-hybridized carbons (Fsp3) is 0.531. The molecule has 2 amide bonds. The molecule has 15 nitrogen and oxygen atoms in total. The summed E-state index contributed by atoms with van der Waals surface area (Å²) in [6, 6.07) is 11.4. The van der Waals surface area contributed by atoms with Crippen molar-refractivity contribution in [1.82, 2.24) is 10.2 Å². The van der Waals surface area contributed by atoms with Crippen molar-refractivity contribution in [3.05, 3.63) is 79.9 Å². The second-order valence-corrected chi connectivity index (χ2v) is 19.1. The van der Waals surface area contributed by atoms with Crippen LogP contribution in [0.1, 0.15) is 45.2 Å². The van der Waals surface area contributed by atoms with Crippen LogP contribution in [0.15, 0.2) is 48.5 Å². The minimum Gasteiger partial charge on any atom is -0.460 e. The largest absolute Gasteiger partial charge is 0.460 e. The van der Waals surface area contributed by atoms with Crippen molar-refractivity contribution >= 4 is 49.6 Å². The summed E-state index contributed by atoms with van der Waals surface area (Å²) in [5.41, 5.74) is 0.374. The predicted molar refractivity (Wildman–Crippen MR) is 185 cm³/mol. The number of ether oxygens (including phenoxy) is 3. The van der Waals surface area contributed by atoms with Gasteiger partial charge in [0.1, 0.15) is 19.3 Å². The van der Waals surface area contributed by atoms with Crippen molar-refractivity contribution in [3.63, 3.8) is 0 Å². The molecule has 1 aliphatic heterocycles. The SMILES string of the molecule is CC(=O)OC(CNC(=O)OCc1ccc([N+](=O)[O-])cc1)CSC[C@@]1(O[Si](C)(C)C(C)(C)C)CCN(C(=O)OCc2ccc([N+](=O)[O-])cc2)C1. The van der Waals surface area contributed by atoms with E-state index in [1.54, 1.807) is 17.0 Å². The molecule has 1 aliphatic rings. The lowest BCUT2D eigenvalue weighted by molar-refractivity contribution is -0.385. The molecule has 1 fully saturated rings. The summed E-state index contributed by atoms with van der Waals surface area (Å²) < 4.78 is 23.2. The number of non-ortho nitro benzene ring substituents is 2. The van der Waals surface area contributed by atoms with Crippen molar-refractivity contribution in [3.8, 4) is 0 Å². The number of nitrogens with one attached hydrogen (secondary N) is 1. The second kappa shape index (κ2) is 16.9. The molecule has 2 atom stereocenters. The molecule has 1 saturated heterocycles. The zero-order valence-electron chi connectivity index (χ0n) is 28.6. The lowest BCUT2D eigenvalue weighted by Crippen LogP contribution is -2.52. The molecule has 49 heavy (non-hydrogen) atoms. The number of thioether (sulfide) groups is 1. The van der Waals surface area contributed by atoms with Gasteiger partial charge in [-0.15, -0.1) is 0 Å². The molecule has 2 aromatic carbocycles. The summed E-state index contributed by atoms with van der Waals surface area (Å²) in [6.45, 7) is 12.5. The highest BCUT2D eigenvalue weighted by molar-refractivity contribution is 7.99. The van der Waals surface area contributed by atoms with Gasteiger partial charge in [-0.2, -0.15) is 11.8 Å². The fourth-order valence-electron chi connectivity index (χ4n) is 4.73. The van der Waals surface area contributed by atoms with Gasteiger partial charge in [-0.05, 0) is 59.9 Å². The number of rotatable bonds is 15. The van der Waals surface area contributed by atoms with Crippen LogP contribution in [0.25, 0.3) is 0 Å². The normalized spacial score (nSPS) is 16.8. The van der Waals surface area contributed by atoms with E-state index in [4.69, 9.17) is 18.6 Å². The highest BCUT2D eigenvalue weighted by atomic mass is 32.2. The van der Waals surface area contributed by atoms with E-state index < -0.39 is 48.0 Å². The third kappa shape index (κ3) is 12.0. The van der Waals surface area contributed by atoms with Crippen molar-refractivity contribution in [2.45, 2.75) is 77.2 Å². The van der Waals surface area contributed by atoms with Crippen LogP contribution in [-0.4, -0.2) is 84.1 Å². The number of carbonyl (C=O) groups is 3. The van der Waals surface area contributed by atoms with E-state index in [-0.39, 0.29) is 42.7 Å². The Bertz CT molecular complexity index is 1490. The third-order valence-corrected chi connectivity index (χ3v) is 14.2. The van der Waals surface area contributed by atoms with Crippen molar-refractivity contribution in [2.75, 3.05) is 31.1 Å². The first-order chi connectivity index (χ1) is 22.9. The number of alkyl carbamates (subject to hydrolysis) is 1. The molecule has 1 N–H and O–H groups in total. The minimum absolute atomic E-state index is 0.0111. The molecule has 2 aromatic rings. The molecule has 0 aromatic heterocycles. The van der Waals surface area contributed by atoms with Gasteiger partial charge in [-0.25, -0.2) is 9.59 Å². The standard InChI is InChI=1S/C32H44N4O11SSi/c1-23(37)46-28(17-33-29(38)44-18-24-7-11-26(12-8-24)35(40)41)20-48-22-32(47-49(5,6)31(2,3)4)15-16-34(21-32)30(39)45-19-25-9-13-27(14-10-25)36(42)43/h7-14,28H,15-22H2,1-6H3,(H,33,38)/t28?,32-/m1/s1. The van der Waals surface area contributed by atoms with Crippen LogP contribution in [0.3, 0.4) is 0 Å². The maximum absolute atomic E-state index is 13.1. The lowest BCUT2D eigenvalue weighted by atomic mass is 10.1. The molecular weight excluding hydrogens is 677 g/mol. The highest BCUT2D eigenvalue weighted by Crippen LogP contribution is 2.42. The van der Waals surface area contributed by atoms with Crippen LogP contribution < -0.4 is 5.32 Å². The first-order valence-corrected chi connectivity index (χ1v) is 19.7. The molecule has 0 bridgehead atoms. The van der Waals surface area contributed by atoms with Gasteiger partial charge in [0, 0.05) is 49.2 Å². The Labute approximate surface area is 290 Å². The number of nitro benzene ring substituents is 2. The average molecular weight is 721 g/mol. The van der Waals surface area contributed by atoms with Gasteiger partial charge in [0.2, 0.25) is 0 Å². The van der Waals surface area contributed by atoms with Crippen LogP contribution >= 0.6 is 11.8 Å². The number of hydrogen-bond acceptors (Lipinski definition) is 12. The zero-order chi connectivity index (χ0) is 36.4. The summed E-state index contributed by atoms with van der Waals surface area (Å²) in [6.07, 6.45) is -1.37. The van der Waals surface area contributed by atoms with Crippen LogP contribution in [-0.2, 0) is 36.6 Å². The van der Waals surface area contributed by atoms with Gasteiger partial charge in [-0.1, -0.05) is 20.8 Å². The average Bonchev–Trinajstić information content (AvgIpc) is 3.44. The third-order valence-electron chi connectivity index (χ3n) is 8.35. The fourth-order valence-corrected chi connectivity index (χ4v) is 7.70. The molecule has 0 aliphatic carbocycles. The number of nitrogens with zero attached hydrogens (tertiary/aromatic N) is 3. The zero-order valence-corrected chi connectivity index (χ0v) is 30.4. The highest BCUT2D eigenvalue weighted by Gasteiger charge is 2.49. The van der Waals surface area contributed by atoms with E-state index in [0.717, 1.165) is 0 Å². The molecular formula is C32H44N4O11SSi. The Morgan fingerprint density at radius 1 is 0.959 bits per heavy atom. The molecule has 0 radical (unpaired) electrons. The predicted octanol–water partition coefficient (Wildman–Crippen LogP) is 6.20. The van der Waals surface area contributed by atoms with Gasteiger partial charge in [0.15, 0.2) is 8.32 Å². The number of benzene rings is 2. The molecule has 17 heteroatoms. The summed E-state index contributed by atoms with van der Waals surface area (Å²) in [5, 5.41) is 24.3. The maximum atomic E-state index is 13.1. The summed E-state index contributed by atoms with van der Waals surface area (Å²) in [4.78, 5) is 59.7. The second-order valence-electron chi connectivity index (χ2n) is 13.3. The minimum atomic E-state index is -2.31. The quantitative estimate of drug-likeness (QED) is 0.0722. The number of likely N-dealkylation sites (tertiary alicyclic amines) is 1. The Morgan fingerprint density at radius 3 is 1.98 bits per heavy atom. The summed E-state index contributed by atoms with van der Waals surface area (Å²) in [7, 11) is -2.31. The van der Waals surface area contributed by atoms with E-state index in [9.17, 15) is 34.6 Å². The van der Waals surface area contributed by atoms with Crippen LogP contribution in [0.4, 0.5) is 21.0 Å². The van der Waals surface area contributed by atoms with Crippen LogP contribution in [0.2, 0.25) is 18.1 Å². The van der Waals surface area contributed by atoms with Crippen molar-refractivity contribution in [2.24, 2.45) is 0 Å². The Morgan fingerprint density at radius 2 is 1.49 bits per heavy atom. The van der Waals surface area contributed by atoms with E-state index in [1.165, 1.54) is 55.1 Å². The number of amides is 2. The van der Waals surface area contributed by atoms with Crippen molar-refractivity contribution < 1.29 is 42.9 Å². The monoisotopic (exact) mass is 720 g/mol. The van der Waals surface area contributed by atoms with E-state index >= 15 is 0 Å². The summed E-state index contributed by atoms with van der Waals surface area (Å²) >= 11 is 1.48. The molecule has 268 valence electrons.